The minimum Gasteiger partial charge on any atom is -0.269 e. The van der Waals surface area contributed by atoms with E-state index in [0.717, 1.165) is 56.6 Å². The number of allylic oxidation sites excluding steroid dienone is 10. The fourth-order valence-electron chi connectivity index (χ4n) is 18.9. The molecule has 695 valence electrons. The molecule has 5 radical (unpaired) electrons. The Morgan fingerprint density at radius 3 is 0.454 bits per heavy atom. The van der Waals surface area contributed by atoms with Crippen LogP contribution in [0.1, 0.15) is 372 Å². The molecule has 0 saturated heterocycles. The van der Waals surface area contributed by atoms with Gasteiger partial charge in [-0.25, -0.2) is 0 Å². The second-order valence-corrected chi connectivity index (χ2v) is 38.7. The average Bonchev–Trinajstić information content (AvgIpc) is 0.850. The topological polar surface area (TPSA) is 0 Å². The maximum absolute atomic E-state index is 5.19. The smallest absolute Gasteiger partial charge is 0.0377 e. The predicted octanol–water partition coefficient (Wildman–Crippen LogP) is 39.3. The van der Waals surface area contributed by atoms with E-state index in [4.69, 9.17) is 63.1 Å². The van der Waals surface area contributed by atoms with Crippen LogP contribution in [0.15, 0.2) is 298 Å². The van der Waals surface area contributed by atoms with Gasteiger partial charge >= 0.3 is 0 Å². The molecular formula is C120H150F5S5. The van der Waals surface area contributed by atoms with E-state index in [1.807, 2.05) is 60.7 Å². The number of halogens is 5. The average molecular weight is 1850 g/mol. The van der Waals surface area contributed by atoms with E-state index in [1.54, 1.807) is 0 Å². The summed E-state index contributed by atoms with van der Waals surface area (Å²) in [5.74, 6) is 3.38. The van der Waals surface area contributed by atoms with Crippen molar-refractivity contribution < 1.29 is 23.5 Å². The van der Waals surface area contributed by atoms with Crippen molar-refractivity contribution in [2.24, 2.45) is 0 Å². The first-order valence-electron chi connectivity index (χ1n) is 49.1. The highest BCUT2D eigenvalue weighted by molar-refractivity contribution is 7.81. The summed E-state index contributed by atoms with van der Waals surface area (Å²) in [5.41, 5.74) is 29.2. The summed E-state index contributed by atoms with van der Waals surface area (Å²) in [7, 11) is 0. The molecule has 130 heavy (non-hydrogen) atoms. The fourth-order valence-corrected chi connectivity index (χ4v) is 19.6. The third-order valence-electron chi connectivity index (χ3n) is 27.0. The largest absolute Gasteiger partial charge is 0.269 e. The molecule has 0 fully saturated rings. The first-order chi connectivity index (χ1) is 61.3. The normalized spacial score (nSPS) is 16.7. The number of hydrogen-bond donors (Lipinski definition) is 0. The molecule has 10 heteroatoms. The number of benzene rings is 10. The Labute approximate surface area is 810 Å². The van der Waals surface area contributed by atoms with Gasteiger partial charge in [-0.1, -0.05) is 406 Å². The van der Waals surface area contributed by atoms with Gasteiger partial charge in [-0.3, -0.25) is 23.5 Å². The van der Waals surface area contributed by atoms with Crippen molar-refractivity contribution in [1.29, 1.82) is 0 Å². The van der Waals surface area contributed by atoms with E-state index < -0.39 is 0 Å². The van der Waals surface area contributed by atoms with E-state index in [-0.39, 0.29) is 23.5 Å². The number of unbranched alkanes of at least 4 members (excludes halogenated alkanes) is 15. The zero-order chi connectivity index (χ0) is 87.4. The highest BCUT2D eigenvalue weighted by atomic mass is 32.1. The van der Waals surface area contributed by atoms with Crippen molar-refractivity contribution in [3.05, 3.63) is 356 Å². The zero-order valence-corrected chi connectivity index (χ0v) is 82.8. The third-order valence-corrected chi connectivity index (χ3v) is 28.4. The molecule has 5 aliphatic rings. The van der Waals surface area contributed by atoms with Gasteiger partial charge in [-0.05, 0) is 362 Å². The molecule has 0 bridgehead atoms. The van der Waals surface area contributed by atoms with Crippen LogP contribution >= 0.6 is 63.1 Å². The lowest BCUT2D eigenvalue weighted by Crippen LogP contribution is -2.04. The van der Waals surface area contributed by atoms with Crippen LogP contribution in [0, 0.1) is 0 Å². The molecule has 5 aliphatic carbocycles. The van der Waals surface area contributed by atoms with Gasteiger partial charge in [-0.2, -0.15) is 0 Å². The summed E-state index contributed by atoms with van der Waals surface area (Å²) in [6.07, 6.45) is 63.0. The lowest BCUT2D eigenvalue weighted by atomic mass is 9.82. The van der Waals surface area contributed by atoms with Crippen LogP contribution in [-0.2, 0) is 32.1 Å². The van der Waals surface area contributed by atoms with E-state index in [9.17, 15) is 0 Å². The van der Waals surface area contributed by atoms with Gasteiger partial charge in [0.1, 0.15) is 0 Å². The predicted molar refractivity (Wildman–Crippen MR) is 568 cm³/mol. The highest BCUT2D eigenvalue weighted by Crippen LogP contribution is 2.43. The number of rotatable bonds is 35. The highest BCUT2D eigenvalue weighted by Gasteiger charge is 2.23. The minimum absolute atomic E-state index is 0. The van der Waals surface area contributed by atoms with Gasteiger partial charge in [-0.15, -0.1) is 0 Å². The molecule has 0 spiro atoms. The van der Waals surface area contributed by atoms with Crippen LogP contribution < -0.4 is 0 Å². The standard InChI is InChI=1S/5C24H29S.5FH/c5*1-2-3-4-5-6-19-7-9-20(10-8-19)21-11-13-22(14-12-21)23-15-17-24(25)18-16-23;;;;;/h5*7-10,13,15-18,21H,2-6,11-12,14H2,1H3;5*1H. The fraction of sp³-hybridized carbons (Fsp3) is 0.417. The molecule has 0 nitrogen and oxygen atoms in total. The summed E-state index contributed by atoms with van der Waals surface area (Å²) < 4.78 is 0. The Bertz CT molecular complexity index is 4150. The molecule has 15 rings (SSSR count). The molecule has 0 N–H and O–H groups in total. The Morgan fingerprint density at radius 2 is 0.331 bits per heavy atom. The molecule has 5 unspecified atom stereocenters. The second kappa shape index (κ2) is 62.2. The Kier molecular flexibility index (Phi) is 52.8. The Hall–Kier alpha value is -8.35. The van der Waals surface area contributed by atoms with Crippen molar-refractivity contribution in [3.63, 3.8) is 0 Å². The van der Waals surface area contributed by atoms with Gasteiger partial charge in [0.25, 0.3) is 0 Å². The van der Waals surface area contributed by atoms with Crippen LogP contribution in [0.4, 0.5) is 23.5 Å². The lowest BCUT2D eigenvalue weighted by Gasteiger charge is -2.23. The first kappa shape index (κ1) is 110. The van der Waals surface area contributed by atoms with Crippen LogP contribution in [0.3, 0.4) is 0 Å². The molecule has 0 amide bonds. The molecule has 10 aromatic carbocycles. The molecular weight excluding hydrogens is 1700 g/mol. The molecule has 0 aromatic heterocycles. The second-order valence-electron chi connectivity index (χ2n) is 36.4. The summed E-state index contributed by atoms with van der Waals surface area (Å²) in [6, 6.07) is 89.2. The number of hydrogen-bond acceptors (Lipinski definition) is 0. The molecule has 10 aromatic rings. The van der Waals surface area contributed by atoms with Gasteiger partial charge in [0.2, 0.25) is 0 Å². The molecule has 0 heterocycles. The quantitative estimate of drug-likeness (QED) is 0.0274. The maximum atomic E-state index is 5.19. The monoisotopic (exact) mass is 1850 g/mol. The van der Waals surface area contributed by atoms with E-state index in [1.165, 1.54) is 336 Å². The summed E-state index contributed by atoms with van der Waals surface area (Å²) in [4.78, 5) is 4.62. The summed E-state index contributed by atoms with van der Waals surface area (Å²) in [6.45, 7) is 11.4. The maximum Gasteiger partial charge on any atom is 0.0377 e. The van der Waals surface area contributed by atoms with Crippen molar-refractivity contribution >= 4 is 91.0 Å². The van der Waals surface area contributed by atoms with Crippen molar-refractivity contribution in [2.75, 3.05) is 0 Å². The van der Waals surface area contributed by atoms with Crippen LogP contribution in [0.5, 0.6) is 0 Å². The van der Waals surface area contributed by atoms with Crippen LogP contribution in [-0.4, -0.2) is 0 Å². The lowest BCUT2D eigenvalue weighted by molar-refractivity contribution is 0.624. The van der Waals surface area contributed by atoms with E-state index in [0.29, 0.717) is 29.6 Å². The van der Waals surface area contributed by atoms with Crippen molar-refractivity contribution in [3.8, 4) is 0 Å². The summed E-state index contributed by atoms with van der Waals surface area (Å²) in [5, 5.41) is 0. The SMILES string of the molecule is CCCCCCc1ccc(C2CC=C(c3ccc([S])cc3)CC2)cc1.CCCCCCc1ccc(C2CC=C(c3ccc([S])cc3)CC2)cc1.CCCCCCc1ccc(C2CC=C(c3ccc([S])cc3)CC2)cc1.CCCCCCc1ccc(C2CC=C(c3ccc([S])cc3)CC2)cc1.CCCCCCc1ccc(C2CC=C(c3ccc([S])cc3)CC2)cc1.F.F.F.F.F. The van der Waals surface area contributed by atoms with Gasteiger partial charge < -0.3 is 0 Å². The molecule has 5 atom stereocenters. The minimum atomic E-state index is 0. The Balaban J connectivity index is 0.000000248. The van der Waals surface area contributed by atoms with E-state index in [2.05, 4.69) is 247 Å². The summed E-state index contributed by atoms with van der Waals surface area (Å²) >= 11 is 25.9. The van der Waals surface area contributed by atoms with Crippen LogP contribution in [0.2, 0.25) is 0 Å². The van der Waals surface area contributed by atoms with Crippen molar-refractivity contribution in [1.82, 2.24) is 0 Å². The molecule has 0 aliphatic heterocycles. The first-order valence-corrected chi connectivity index (χ1v) is 51.1. The Morgan fingerprint density at radius 1 is 0.185 bits per heavy atom. The van der Waals surface area contributed by atoms with Gasteiger partial charge in [0, 0.05) is 24.5 Å². The third kappa shape index (κ3) is 37.6. The van der Waals surface area contributed by atoms with Gasteiger partial charge in [0.05, 0.1) is 0 Å². The van der Waals surface area contributed by atoms with Gasteiger partial charge in [0.15, 0.2) is 0 Å². The van der Waals surface area contributed by atoms with Crippen LogP contribution in [0.25, 0.3) is 27.9 Å². The van der Waals surface area contributed by atoms with E-state index >= 15 is 0 Å². The number of aryl methyl sites for hydroxylation is 5. The molecule has 0 saturated carbocycles. The van der Waals surface area contributed by atoms with Crippen molar-refractivity contribution in [2.45, 2.75) is 346 Å². The zero-order valence-electron chi connectivity index (χ0n) is 78.7.